The van der Waals surface area contributed by atoms with E-state index in [-0.39, 0.29) is 5.25 Å². The molecule has 0 saturated heterocycles. The van der Waals surface area contributed by atoms with E-state index in [1.165, 1.54) is 0 Å². The molecule has 0 saturated carbocycles. The second-order valence-electron chi connectivity index (χ2n) is 8.33. The van der Waals surface area contributed by atoms with E-state index in [0.29, 0.717) is 10.9 Å². The summed E-state index contributed by atoms with van der Waals surface area (Å²) in [5.74, 6) is 1.39. The molecule has 3 nitrogen and oxygen atoms in total. The first kappa shape index (κ1) is 21.9. The summed E-state index contributed by atoms with van der Waals surface area (Å²) < 4.78 is 6.37. The van der Waals surface area contributed by atoms with Crippen molar-refractivity contribution in [2.45, 2.75) is 16.6 Å². The third-order valence-corrected chi connectivity index (χ3v) is 7.52. The van der Waals surface area contributed by atoms with Gasteiger partial charge in [-0.3, -0.25) is 4.99 Å². The Hall–Kier alpha value is -3.60. The van der Waals surface area contributed by atoms with Crippen LogP contribution in [0.3, 0.4) is 0 Å². The highest BCUT2D eigenvalue weighted by molar-refractivity contribution is 7.99. The number of ether oxygens (including phenoxy) is 1. The minimum Gasteiger partial charge on any atom is -0.439 e. The Balaban J connectivity index is 1.49. The van der Waals surface area contributed by atoms with Crippen LogP contribution < -0.4 is 4.74 Å². The minimum absolute atomic E-state index is 0.0592. The van der Waals surface area contributed by atoms with Gasteiger partial charge in [0.2, 0.25) is 5.88 Å². The van der Waals surface area contributed by atoms with Crippen molar-refractivity contribution in [3.63, 3.8) is 0 Å². The van der Waals surface area contributed by atoms with E-state index < -0.39 is 0 Å². The summed E-state index contributed by atoms with van der Waals surface area (Å²) in [6.07, 6.45) is 0.728. The van der Waals surface area contributed by atoms with Crippen molar-refractivity contribution in [3.8, 4) is 11.6 Å². The Kier molecular flexibility index (Phi) is 5.99. The van der Waals surface area contributed by atoms with Crippen molar-refractivity contribution in [1.29, 1.82) is 0 Å². The Bertz CT molecular complexity index is 1530. The number of nitrogens with zero attached hydrogens (tertiary/aromatic N) is 2. The lowest BCUT2D eigenvalue weighted by Crippen LogP contribution is -2.07. The summed E-state index contributed by atoms with van der Waals surface area (Å²) >= 11 is 7.98. The van der Waals surface area contributed by atoms with Crippen molar-refractivity contribution in [1.82, 2.24) is 4.98 Å². The Morgan fingerprint density at radius 2 is 1.54 bits per heavy atom. The van der Waals surface area contributed by atoms with Gasteiger partial charge in [0.1, 0.15) is 5.75 Å². The lowest BCUT2D eigenvalue weighted by Gasteiger charge is -2.20. The van der Waals surface area contributed by atoms with Gasteiger partial charge in [0.05, 0.1) is 11.2 Å². The number of pyridine rings is 1. The van der Waals surface area contributed by atoms with Crippen molar-refractivity contribution < 1.29 is 4.74 Å². The first-order valence-corrected chi connectivity index (χ1v) is 12.7. The smallest absolute Gasteiger partial charge is 0.224 e. The summed E-state index contributed by atoms with van der Waals surface area (Å²) in [5.41, 5.74) is 5.02. The largest absolute Gasteiger partial charge is 0.439 e. The molecule has 0 N–H and O–H groups in total. The van der Waals surface area contributed by atoms with Crippen LogP contribution in [0.15, 0.2) is 119 Å². The molecule has 0 amide bonds. The zero-order valence-electron chi connectivity index (χ0n) is 18.8. The third-order valence-electron chi connectivity index (χ3n) is 5.97. The monoisotopic (exact) mass is 492 g/mol. The molecule has 0 fully saturated rings. The summed E-state index contributed by atoms with van der Waals surface area (Å²) in [6.45, 7) is 0. The maximum Gasteiger partial charge on any atom is 0.224 e. The molecule has 1 aliphatic heterocycles. The normalized spacial score (nSPS) is 15.2. The van der Waals surface area contributed by atoms with Crippen molar-refractivity contribution in [2.24, 2.45) is 4.99 Å². The molecule has 4 aromatic carbocycles. The van der Waals surface area contributed by atoms with Crippen LogP contribution >= 0.6 is 23.4 Å². The Morgan fingerprint density at radius 1 is 0.800 bits per heavy atom. The van der Waals surface area contributed by atoms with Gasteiger partial charge in [-0.2, -0.15) is 0 Å². The van der Waals surface area contributed by atoms with Crippen LogP contribution in [-0.2, 0) is 0 Å². The molecule has 6 rings (SSSR count). The maximum atomic E-state index is 6.37. The molecule has 35 heavy (non-hydrogen) atoms. The fourth-order valence-corrected chi connectivity index (χ4v) is 5.60. The predicted octanol–water partition coefficient (Wildman–Crippen LogP) is 9.04. The van der Waals surface area contributed by atoms with Gasteiger partial charge in [-0.05, 0) is 54.1 Å². The number of benzene rings is 4. The second-order valence-corrected chi connectivity index (χ2v) is 10.0. The standard InChI is InChI=1S/C30H21ClN2OS/c31-22-16-14-20(15-17-22)27-19-29(35-28-13-7-6-12-26(28)32-27)24-18-21-8-4-5-11-25(21)33-30(24)34-23-9-2-1-3-10-23/h1-18,29H,19H2. The average molecular weight is 493 g/mol. The van der Waals surface area contributed by atoms with Crippen LogP contribution in [0, 0.1) is 0 Å². The highest BCUT2D eigenvalue weighted by Gasteiger charge is 2.26. The molecule has 0 spiro atoms. The van der Waals surface area contributed by atoms with E-state index in [9.17, 15) is 0 Å². The van der Waals surface area contributed by atoms with Crippen LogP contribution in [0.25, 0.3) is 10.9 Å². The number of thioether (sulfide) groups is 1. The van der Waals surface area contributed by atoms with Gasteiger partial charge in [0.15, 0.2) is 0 Å². The van der Waals surface area contributed by atoms with E-state index in [1.54, 1.807) is 11.8 Å². The van der Waals surface area contributed by atoms with Gasteiger partial charge in [-0.1, -0.05) is 72.3 Å². The first-order chi connectivity index (χ1) is 17.2. The zero-order valence-corrected chi connectivity index (χ0v) is 20.3. The molecule has 1 aromatic heterocycles. The van der Waals surface area contributed by atoms with Crippen molar-refractivity contribution in [3.05, 3.63) is 125 Å². The van der Waals surface area contributed by atoms with Gasteiger partial charge < -0.3 is 4.74 Å². The molecule has 0 radical (unpaired) electrons. The van der Waals surface area contributed by atoms with E-state index in [4.69, 9.17) is 26.3 Å². The van der Waals surface area contributed by atoms with Gasteiger partial charge in [-0.25, -0.2) is 4.98 Å². The molecule has 2 heterocycles. The van der Waals surface area contributed by atoms with Crippen LogP contribution in [0.2, 0.25) is 5.02 Å². The summed E-state index contributed by atoms with van der Waals surface area (Å²) in [4.78, 5) is 11.2. The second kappa shape index (κ2) is 9.57. The number of hydrogen-bond acceptors (Lipinski definition) is 4. The van der Waals surface area contributed by atoms with Crippen LogP contribution in [-0.4, -0.2) is 10.7 Å². The summed E-state index contributed by atoms with van der Waals surface area (Å²) in [5, 5.41) is 1.86. The maximum absolute atomic E-state index is 6.37. The quantitative estimate of drug-likeness (QED) is 0.251. The molecule has 0 bridgehead atoms. The summed E-state index contributed by atoms with van der Waals surface area (Å²) in [6, 6.07) is 36.4. The third kappa shape index (κ3) is 4.68. The predicted molar refractivity (Wildman–Crippen MR) is 146 cm³/mol. The van der Waals surface area contributed by atoms with E-state index in [1.807, 2.05) is 78.9 Å². The highest BCUT2D eigenvalue weighted by atomic mass is 35.5. The highest BCUT2D eigenvalue weighted by Crippen LogP contribution is 2.48. The molecule has 1 unspecified atom stereocenters. The first-order valence-electron chi connectivity index (χ1n) is 11.4. The van der Waals surface area contributed by atoms with E-state index >= 15 is 0 Å². The topological polar surface area (TPSA) is 34.5 Å². The van der Waals surface area contributed by atoms with Gasteiger partial charge in [0, 0.05) is 38.3 Å². The number of hydrogen-bond donors (Lipinski definition) is 0. The van der Waals surface area contributed by atoms with E-state index in [2.05, 4.69) is 30.3 Å². The lowest BCUT2D eigenvalue weighted by atomic mass is 10.0. The Labute approximate surface area is 213 Å². The molecular weight excluding hydrogens is 472 g/mol. The van der Waals surface area contributed by atoms with Crippen LogP contribution in [0.1, 0.15) is 22.8 Å². The fraction of sp³-hybridized carbons (Fsp3) is 0.0667. The number of aliphatic imine (C=N–C) groups is 1. The van der Waals surface area contributed by atoms with Crippen molar-refractivity contribution in [2.75, 3.05) is 0 Å². The summed E-state index contributed by atoms with van der Waals surface area (Å²) in [7, 11) is 0. The molecule has 0 aliphatic carbocycles. The number of para-hydroxylation sites is 3. The van der Waals surface area contributed by atoms with Gasteiger partial charge in [-0.15, -0.1) is 11.8 Å². The average Bonchev–Trinajstić information content (AvgIpc) is 3.09. The molecular formula is C30H21ClN2OS. The Morgan fingerprint density at radius 3 is 2.40 bits per heavy atom. The van der Waals surface area contributed by atoms with E-state index in [0.717, 1.165) is 50.5 Å². The SMILES string of the molecule is Clc1ccc(C2=Nc3ccccc3SC(c3cc4ccccc4nc3Oc3ccccc3)C2)cc1. The van der Waals surface area contributed by atoms with Crippen LogP contribution in [0.5, 0.6) is 11.6 Å². The lowest BCUT2D eigenvalue weighted by molar-refractivity contribution is 0.458. The zero-order chi connectivity index (χ0) is 23.6. The van der Waals surface area contributed by atoms with Crippen molar-refractivity contribution >= 4 is 45.7 Å². The van der Waals surface area contributed by atoms with Gasteiger partial charge in [0.25, 0.3) is 0 Å². The number of fused-ring (bicyclic) bond motifs is 2. The number of rotatable bonds is 4. The number of halogens is 1. The molecule has 1 atom stereocenters. The molecule has 170 valence electrons. The minimum atomic E-state index is 0.0592. The van der Waals surface area contributed by atoms with Gasteiger partial charge >= 0.3 is 0 Å². The van der Waals surface area contributed by atoms with Crippen LogP contribution in [0.4, 0.5) is 5.69 Å². The molecule has 5 aromatic rings. The number of aromatic nitrogens is 1. The molecule has 5 heteroatoms. The fourth-order valence-electron chi connectivity index (χ4n) is 4.24. The molecule has 1 aliphatic rings.